The van der Waals surface area contributed by atoms with Crippen molar-refractivity contribution < 1.29 is 0 Å². The zero-order valence-electron chi connectivity index (χ0n) is 12.8. The Kier molecular flexibility index (Phi) is 5.03. The molecule has 0 aromatic heterocycles. The SMILES string of the molecule is CCC(C)(C)CC(C)(CC)N1CCN(C)CC1. The van der Waals surface area contributed by atoms with Crippen LogP contribution in [0.4, 0.5) is 0 Å². The average molecular weight is 240 g/mol. The van der Waals surface area contributed by atoms with Gasteiger partial charge >= 0.3 is 0 Å². The van der Waals surface area contributed by atoms with Gasteiger partial charge in [0.25, 0.3) is 0 Å². The Bertz CT molecular complexity index is 229. The molecule has 1 rings (SSSR count). The molecule has 1 fully saturated rings. The monoisotopic (exact) mass is 240 g/mol. The molecule has 1 heterocycles. The molecule has 0 aromatic rings. The summed E-state index contributed by atoms with van der Waals surface area (Å²) in [7, 11) is 2.23. The van der Waals surface area contributed by atoms with Crippen molar-refractivity contribution >= 4 is 0 Å². The summed E-state index contributed by atoms with van der Waals surface area (Å²) in [6.07, 6.45) is 3.85. The highest BCUT2D eigenvalue weighted by atomic mass is 15.3. The Morgan fingerprint density at radius 3 is 1.82 bits per heavy atom. The number of piperazine rings is 1. The van der Waals surface area contributed by atoms with Crippen molar-refractivity contribution in [1.29, 1.82) is 0 Å². The summed E-state index contributed by atoms with van der Waals surface area (Å²) < 4.78 is 0. The Labute approximate surface area is 108 Å². The molecule has 1 atom stereocenters. The van der Waals surface area contributed by atoms with E-state index in [1.807, 2.05) is 0 Å². The van der Waals surface area contributed by atoms with Gasteiger partial charge in [0.2, 0.25) is 0 Å². The predicted molar refractivity (Wildman–Crippen MR) is 76.5 cm³/mol. The average Bonchev–Trinajstić information content (AvgIpc) is 2.29. The summed E-state index contributed by atoms with van der Waals surface area (Å²) in [5.74, 6) is 0. The number of nitrogens with zero attached hydrogens (tertiary/aromatic N) is 2. The van der Waals surface area contributed by atoms with Crippen LogP contribution in [-0.2, 0) is 0 Å². The highest BCUT2D eigenvalue weighted by molar-refractivity contribution is 4.92. The van der Waals surface area contributed by atoms with Crippen molar-refractivity contribution in [3.05, 3.63) is 0 Å². The summed E-state index contributed by atoms with van der Waals surface area (Å²) in [5.41, 5.74) is 0.856. The van der Waals surface area contributed by atoms with E-state index in [-0.39, 0.29) is 0 Å². The summed E-state index contributed by atoms with van der Waals surface area (Å²) in [4.78, 5) is 5.17. The van der Waals surface area contributed by atoms with Gasteiger partial charge in [-0.2, -0.15) is 0 Å². The summed E-state index contributed by atoms with van der Waals surface area (Å²) in [6.45, 7) is 16.9. The molecule has 2 heteroatoms. The van der Waals surface area contributed by atoms with Gasteiger partial charge in [-0.25, -0.2) is 0 Å². The largest absolute Gasteiger partial charge is 0.304 e. The van der Waals surface area contributed by atoms with Gasteiger partial charge in [0.05, 0.1) is 0 Å². The van der Waals surface area contributed by atoms with Crippen LogP contribution >= 0.6 is 0 Å². The zero-order chi connectivity index (χ0) is 13.1. The molecule has 0 N–H and O–H groups in total. The Hall–Kier alpha value is -0.0800. The number of rotatable bonds is 5. The van der Waals surface area contributed by atoms with Gasteiger partial charge in [0.15, 0.2) is 0 Å². The second-order valence-electron chi connectivity index (χ2n) is 6.84. The van der Waals surface area contributed by atoms with E-state index in [4.69, 9.17) is 0 Å². The minimum atomic E-state index is 0.390. The van der Waals surface area contributed by atoms with Gasteiger partial charge in [-0.15, -0.1) is 0 Å². The number of likely N-dealkylation sites (N-methyl/N-ethyl adjacent to an activating group) is 1. The predicted octanol–water partition coefficient (Wildman–Crippen LogP) is 3.23. The van der Waals surface area contributed by atoms with Crippen LogP contribution in [0.3, 0.4) is 0 Å². The first-order valence-corrected chi connectivity index (χ1v) is 7.26. The molecule has 0 amide bonds. The van der Waals surface area contributed by atoms with Crippen LogP contribution in [-0.4, -0.2) is 48.6 Å². The lowest BCUT2D eigenvalue weighted by Crippen LogP contribution is -2.56. The van der Waals surface area contributed by atoms with Crippen molar-refractivity contribution in [2.45, 2.75) is 59.4 Å². The van der Waals surface area contributed by atoms with Crippen LogP contribution in [0.15, 0.2) is 0 Å². The molecule has 17 heavy (non-hydrogen) atoms. The number of hydrogen-bond donors (Lipinski definition) is 0. The fourth-order valence-electron chi connectivity index (χ4n) is 2.96. The quantitative estimate of drug-likeness (QED) is 0.728. The molecule has 0 saturated carbocycles. The third-order valence-corrected chi connectivity index (χ3v) is 4.84. The molecule has 1 aliphatic rings. The van der Waals surface area contributed by atoms with Crippen molar-refractivity contribution in [2.75, 3.05) is 33.2 Å². The van der Waals surface area contributed by atoms with E-state index in [0.717, 1.165) is 0 Å². The van der Waals surface area contributed by atoms with Crippen LogP contribution in [0, 0.1) is 5.41 Å². The normalized spacial score (nSPS) is 23.6. The molecule has 0 bridgehead atoms. The standard InChI is InChI=1S/C15H32N2/c1-7-14(3,4)13-15(5,8-2)17-11-9-16(6)10-12-17/h7-13H2,1-6H3. The van der Waals surface area contributed by atoms with Gasteiger partial charge in [0.1, 0.15) is 0 Å². The lowest BCUT2D eigenvalue weighted by molar-refractivity contribution is 0.0171. The molecule has 1 aliphatic heterocycles. The Morgan fingerprint density at radius 2 is 1.41 bits per heavy atom. The van der Waals surface area contributed by atoms with Gasteiger partial charge in [0, 0.05) is 31.7 Å². The van der Waals surface area contributed by atoms with Crippen molar-refractivity contribution in [2.24, 2.45) is 5.41 Å². The van der Waals surface area contributed by atoms with E-state index in [1.54, 1.807) is 0 Å². The lowest BCUT2D eigenvalue weighted by atomic mass is 9.75. The molecular formula is C15H32N2. The first-order chi connectivity index (χ1) is 7.83. The molecule has 1 unspecified atom stereocenters. The lowest BCUT2D eigenvalue weighted by Gasteiger charge is -2.48. The van der Waals surface area contributed by atoms with Crippen molar-refractivity contribution in [3.8, 4) is 0 Å². The van der Waals surface area contributed by atoms with Crippen LogP contribution in [0.5, 0.6) is 0 Å². The Balaban J connectivity index is 2.67. The van der Waals surface area contributed by atoms with Crippen LogP contribution < -0.4 is 0 Å². The topological polar surface area (TPSA) is 6.48 Å². The van der Waals surface area contributed by atoms with E-state index < -0.39 is 0 Å². The van der Waals surface area contributed by atoms with E-state index in [9.17, 15) is 0 Å². The van der Waals surface area contributed by atoms with E-state index in [0.29, 0.717) is 11.0 Å². The van der Waals surface area contributed by atoms with Gasteiger partial charge in [-0.1, -0.05) is 34.1 Å². The van der Waals surface area contributed by atoms with Crippen LogP contribution in [0.1, 0.15) is 53.9 Å². The molecule has 1 saturated heterocycles. The second-order valence-corrected chi connectivity index (χ2v) is 6.84. The van der Waals surface area contributed by atoms with E-state index in [2.05, 4.69) is 51.5 Å². The summed E-state index contributed by atoms with van der Waals surface area (Å²) in [6, 6.07) is 0. The maximum Gasteiger partial charge on any atom is 0.0185 e. The maximum absolute atomic E-state index is 2.73. The third-order valence-electron chi connectivity index (χ3n) is 4.84. The molecule has 102 valence electrons. The molecule has 0 aromatic carbocycles. The van der Waals surface area contributed by atoms with E-state index in [1.165, 1.54) is 45.4 Å². The minimum absolute atomic E-state index is 0.390. The summed E-state index contributed by atoms with van der Waals surface area (Å²) in [5, 5.41) is 0. The van der Waals surface area contributed by atoms with Crippen LogP contribution in [0.2, 0.25) is 0 Å². The molecular weight excluding hydrogens is 208 g/mol. The molecule has 0 radical (unpaired) electrons. The molecule has 0 spiro atoms. The first kappa shape index (κ1) is 15.0. The van der Waals surface area contributed by atoms with Gasteiger partial charge < -0.3 is 4.90 Å². The van der Waals surface area contributed by atoms with Crippen LogP contribution in [0.25, 0.3) is 0 Å². The highest BCUT2D eigenvalue weighted by Gasteiger charge is 2.36. The van der Waals surface area contributed by atoms with Crippen molar-refractivity contribution in [1.82, 2.24) is 9.80 Å². The van der Waals surface area contributed by atoms with Crippen molar-refractivity contribution in [3.63, 3.8) is 0 Å². The Morgan fingerprint density at radius 1 is 0.882 bits per heavy atom. The smallest absolute Gasteiger partial charge is 0.0185 e. The van der Waals surface area contributed by atoms with Gasteiger partial charge in [-0.05, 0) is 32.2 Å². The summed E-state index contributed by atoms with van der Waals surface area (Å²) >= 11 is 0. The fourth-order valence-corrected chi connectivity index (χ4v) is 2.96. The third kappa shape index (κ3) is 3.96. The minimum Gasteiger partial charge on any atom is -0.304 e. The number of hydrogen-bond acceptors (Lipinski definition) is 2. The fraction of sp³-hybridized carbons (Fsp3) is 1.00. The van der Waals surface area contributed by atoms with Gasteiger partial charge in [-0.3, -0.25) is 4.90 Å². The second kappa shape index (κ2) is 5.71. The molecule has 2 nitrogen and oxygen atoms in total. The first-order valence-electron chi connectivity index (χ1n) is 7.26. The zero-order valence-corrected chi connectivity index (χ0v) is 12.8. The highest BCUT2D eigenvalue weighted by Crippen LogP contribution is 2.36. The molecule has 0 aliphatic carbocycles. The maximum atomic E-state index is 2.73. The van der Waals surface area contributed by atoms with E-state index >= 15 is 0 Å².